The molecule has 88 valence electrons. The molecule has 6 heteroatoms. The van der Waals surface area contributed by atoms with Crippen LogP contribution in [0.25, 0.3) is 0 Å². The molecule has 0 unspecified atom stereocenters. The molecular formula is C11H11BrN4O. The fraction of sp³-hybridized carbons (Fsp3) is 0.273. The van der Waals surface area contributed by atoms with Crippen LogP contribution in [0.5, 0.6) is 0 Å². The lowest BCUT2D eigenvalue weighted by atomic mass is 10.1. The van der Waals surface area contributed by atoms with E-state index in [1.165, 1.54) is 4.68 Å². The molecule has 2 aromatic heterocycles. The monoisotopic (exact) mass is 294 g/mol. The number of hydrogen-bond donors (Lipinski definition) is 0. The summed E-state index contributed by atoms with van der Waals surface area (Å²) in [6, 6.07) is 3.73. The normalized spacial score (nSPS) is 10.5. The fourth-order valence-electron chi connectivity index (χ4n) is 1.61. The zero-order chi connectivity index (χ0) is 12.4. The molecular weight excluding hydrogens is 284 g/mol. The number of carbonyl (C=O) groups is 1. The van der Waals surface area contributed by atoms with Gasteiger partial charge in [-0.25, -0.2) is 4.68 Å². The molecule has 0 atom stereocenters. The number of nitrogens with zero attached hydrogens (tertiary/aromatic N) is 4. The second kappa shape index (κ2) is 4.75. The molecule has 2 aromatic rings. The van der Waals surface area contributed by atoms with Crippen molar-refractivity contribution in [3.63, 3.8) is 0 Å². The summed E-state index contributed by atoms with van der Waals surface area (Å²) in [5.41, 5.74) is 1.80. The summed E-state index contributed by atoms with van der Waals surface area (Å²) < 4.78 is 1.89. The summed E-state index contributed by atoms with van der Waals surface area (Å²) in [7, 11) is 1.68. The lowest BCUT2D eigenvalue weighted by Gasteiger charge is -2.05. The van der Waals surface area contributed by atoms with Crippen LogP contribution in [0.15, 0.2) is 22.9 Å². The topological polar surface area (TPSA) is 60.7 Å². The second-order valence-corrected chi connectivity index (χ2v) is 4.30. The first kappa shape index (κ1) is 11.9. The Kier molecular flexibility index (Phi) is 3.33. The largest absolute Gasteiger partial charge is 0.285 e. The average Bonchev–Trinajstić information content (AvgIpc) is 2.68. The maximum Gasteiger partial charge on any atom is 0.232 e. The highest BCUT2D eigenvalue weighted by atomic mass is 79.9. The fourth-order valence-corrected chi connectivity index (χ4v) is 2.12. The molecule has 0 N–H and O–H groups in total. The smallest absolute Gasteiger partial charge is 0.232 e. The SMILES string of the molecule is CCc1cccnc1C(=O)c1c(Br)nnn1C. The molecule has 0 saturated carbocycles. The van der Waals surface area contributed by atoms with Crippen molar-refractivity contribution in [3.8, 4) is 0 Å². The standard InChI is InChI=1S/C11H11BrN4O/c1-3-7-5-4-6-13-8(7)10(17)9-11(12)14-15-16(9)2/h4-6H,3H2,1-2H3. The third kappa shape index (κ3) is 2.12. The molecule has 0 fully saturated rings. The first-order valence-electron chi connectivity index (χ1n) is 5.19. The van der Waals surface area contributed by atoms with E-state index in [1.54, 1.807) is 13.2 Å². The zero-order valence-corrected chi connectivity index (χ0v) is 11.1. The Hall–Kier alpha value is -1.56. The predicted molar refractivity (Wildman–Crippen MR) is 65.8 cm³/mol. The number of hydrogen-bond acceptors (Lipinski definition) is 4. The quantitative estimate of drug-likeness (QED) is 0.810. The van der Waals surface area contributed by atoms with Crippen molar-refractivity contribution in [2.45, 2.75) is 13.3 Å². The number of aromatic nitrogens is 4. The molecule has 0 spiro atoms. The van der Waals surface area contributed by atoms with Crippen LogP contribution >= 0.6 is 15.9 Å². The molecule has 0 aromatic carbocycles. The highest BCUT2D eigenvalue weighted by Crippen LogP contribution is 2.18. The Bertz CT molecular complexity index is 545. The summed E-state index contributed by atoms with van der Waals surface area (Å²) in [6.45, 7) is 1.99. The minimum atomic E-state index is -0.165. The summed E-state index contributed by atoms with van der Waals surface area (Å²) in [5.74, 6) is -0.165. The number of halogens is 1. The van der Waals surface area contributed by atoms with Gasteiger partial charge in [-0.1, -0.05) is 18.2 Å². The van der Waals surface area contributed by atoms with Crippen molar-refractivity contribution in [1.29, 1.82) is 0 Å². The van der Waals surface area contributed by atoms with E-state index in [-0.39, 0.29) is 5.78 Å². The van der Waals surface area contributed by atoms with Gasteiger partial charge in [0.05, 0.1) is 0 Å². The first-order chi connectivity index (χ1) is 8.15. The van der Waals surface area contributed by atoms with E-state index in [9.17, 15) is 4.79 Å². The van der Waals surface area contributed by atoms with Crippen LogP contribution in [-0.4, -0.2) is 25.8 Å². The van der Waals surface area contributed by atoms with Crippen molar-refractivity contribution in [2.75, 3.05) is 0 Å². The van der Waals surface area contributed by atoms with Crippen molar-refractivity contribution in [1.82, 2.24) is 20.0 Å². The van der Waals surface area contributed by atoms with Crippen LogP contribution in [0, 0.1) is 0 Å². The van der Waals surface area contributed by atoms with E-state index >= 15 is 0 Å². The van der Waals surface area contributed by atoms with Gasteiger partial charge in [0.25, 0.3) is 0 Å². The highest BCUT2D eigenvalue weighted by Gasteiger charge is 2.21. The van der Waals surface area contributed by atoms with E-state index in [0.717, 1.165) is 12.0 Å². The lowest BCUT2D eigenvalue weighted by molar-refractivity contribution is 0.102. The molecule has 0 aliphatic carbocycles. The summed E-state index contributed by atoms with van der Waals surface area (Å²) in [6.07, 6.45) is 2.38. The molecule has 2 heterocycles. The van der Waals surface area contributed by atoms with Gasteiger partial charge in [-0.2, -0.15) is 0 Å². The molecule has 0 bridgehead atoms. The Morgan fingerprint density at radius 3 is 2.88 bits per heavy atom. The molecule has 17 heavy (non-hydrogen) atoms. The summed E-state index contributed by atoms with van der Waals surface area (Å²) in [4.78, 5) is 16.5. The van der Waals surface area contributed by atoms with Crippen LogP contribution in [0.4, 0.5) is 0 Å². The average molecular weight is 295 g/mol. The first-order valence-corrected chi connectivity index (χ1v) is 5.98. The van der Waals surface area contributed by atoms with Crippen molar-refractivity contribution in [3.05, 3.63) is 39.9 Å². The molecule has 0 saturated heterocycles. The minimum absolute atomic E-state index is 0.165. The molecule has 2 rings (SSSR count). The van der Waals surface area contributed by atoms with Crippen LogP contribution in [0.1, 0.15) is 28.7 Å². The van der Waals surface area contributed by atoms with Gasteiger partial charge in [0.15, 0.2) is 4.60 Å². The van der Waals surface area contributed by atoms with E-state index < -0.39 is 0 Å². The van der Waals surface area contributed by atoms with Crippen LogP contribution in [-0.2, 0) is 13.5 Å². The molecule has 0 radical (unpaired) electrons. The number of pyridine rings is 1. The van der Waals surface area contributed by atoms with Gasteiger partial charge in [0.1, 0.15) is 11.4 Å². The van der Waals surface area contributed by atoms with Gasteiger partial charge in [-0.15, -0.1) is 5.10 Å². The van der Waals surface area contributed by atoms with Gasteiger partial charge >= 0.3 is 0 Å². The number of carbonyl (C=O) groups excluding carboxylic acids is 1. The van der Waals surface area contributed by atoms with Gasteiger partial charge in [0.2, 0.25) is 5.78 Å². The van der Waals surface area contributed by atoms with Crippen LogP contribution in [0.3, 0.4) is 0 Å². The van der Waals surface area contributed by atoms with Gasteiger partial charge in [-0.05, 0) is 34.0 Å². The number of ketones is 1. The Balaban J connectivity index is 2.51. The third-order valence-electron chi connectivity index (χ3n) is 2.49. The Morgan fingerprint density at radius 1 is 1.53 bits per heavy atom. The number of aryl methyl sites for hydroxylation is 2. The van der Waals surface area contributed by atoms with Crippen LogP contribution < -0.4 is 0 Å². The van der Waals surface area contributed by atoms with Crippen molar-refractivity contribution in [2.24, 2.45) is 7.05 Å². The van der Waals surface area contributed by atoms with E-state index in [2.05, 4.69) is 31.2 Å². The van der Waals surface area contributed by atoms with Crippen LogP contribution in [0.2, 0.25) is 0 Å². The maximum absolute atomic E-state index is 12.3. The summed E-state index contributed by atoms with van der Waals surface area (Å²) >= 11 is 3.22. The summed E-state index contributed by atoms with van der Waals surface area (Å²) in [5, 5.41) is 7.59. The molecule has 0 amide bonds. The lowest BCUT2D eigenvalue weighted by Crippen LogP contribution is -2.12. The van der Waals surface area contributed by atoms with E-state index in [1.807, 2.05) is 19.1 Å². The van der Waals surface area contributed by atoms with E-state index in [0.29, 0.717) is 16.0 Å². The van der Waals surface area contributed by atoms with Gasteiger partial charge in [0, 0.05) is 13.2 Å². The molecule has 0 aliphatic rings. The molecule has 5 nitrogen and oxygen atoms in total. The van der Waals surface area contributed by atoms with Crippen molar-refractivity contribution < 1.29 is 4.79 Å². The zero-order valence-electron chi connectivity index (χ0n) is 9.51. The minimum Gasteiger partial charge on any atom is -0.285 e. The maximum atomic E-state index is 12.3. The van der Waals surface area contributed by atoms with Gasteiger partial charge < -0.3 is 0 Å². The van der Waals surface area contributed by atoms with Crippen molar-refractivity contribution >= 4 is 21.7 Å². The van der Waals surface area contributed by atoms with E-state index in [4.69, 9.17) is 0 Å². The van der Waals surface area contributed by atoms with Gasteiger partial charge in [-0.3, -0.25) is 9.78 Å². The Morgan fingerprint density at radius 2 is 2.29 bits per heavy atom. The third-order valence-corrected chi connectivity index (χ3v) is 3.02. The molecule has 0 aliphatic heterocycles. The second-order valence-electron chi connectivity index (χ2n) is 3.55. The predicted octanol–water partition coefficient (Wildman–Crippen LogP) is 1.77. The number of rotatable bonds is 3. The highest BCUT2D eigenvalue weighted by molar-refractivity contribution is 9.10. The Labute approximate surface area is 107 Å².